The maximum Gasteiger partial charge on any atom is 0.120 e. The third-order valence-electron chi connectivity index (χ3n) is 2.88. The lowest BCUT2D eigenvalue weighted by Gasteiger charge is -2.16. The van der Waals surface area contributed by atoms with Crippen molar-refractivity contribution >= 4 is 0 Å². The Morgan fingerprint density at radius 2 is 2.27 bits per heavy atom. The van der Waals surface area contributed by atoms with E-state index in [1.54, 1.807) is 6.07 Å². The second-order valence-corrected chi connectivity index (χ2v) is 4.31. The normalized spacial score (nSPS) is 22.1. The highest BCUT2D eigenvalue weighted by Crippen LogP contribution is 2.22. The van der Waals surface area contributed by atoms with Crippen molar-refractivity contribution < 1.29 is 10.2 Å². The summed E-state index contributed by atoms with van der Waals surface area (Å²) < 4.78 is 0. The molecule has 0 aromatic heterocycles. The Labute approximate surface area is 90.0 Å². The molecule has 1 fully saturated rings. The van der Waals surface area contributed by atoms with Crippen molar-refractivity contribution in [1.82, 2.24) is 4.90 Å². The Bertz CT molecular complexity index is 351. The fraction of sp³-hybridized carbons (Fsp3) is 0.500. The molecule has 0 unspecified atom stereocenters. The Morgan fingerprint density at radius 1 is 1.47 bits per heavy atom. The van der Waals surface area contributed by atoms with Crippen LogP contribution in [0.1, 0.15) is 17.5 Å². The maximum absolute atomic E-state index is 9.67. The van der Waals surface area contributed by atoms with Crippen LogP contribution in [0.3, 0.4) is 0 Å². The lowest BCUT2D eigenvalue weighted by molar-refractivity contribution is 0.174. The molecular weight excluding hydrogens is 190 g/mol. The number of phenols is 1. The van der Waals surface area contributed by atoms with Crippen molar-refractivity contribution in [3.05, 3.63) is 29.3 Å². The van der Waals surface area contributed by atoms with Gasteiger partial charge in [0.1, 0.15) is 5.75 Å². The fourth-order valence-corrected chi connectivity index (χ4v) is 2.04. The number of β-amino-alcohol motifs (C(OH)–C–C–N with tert-alkyl or cyclic N) is 1. The van der Waals surface area contributed by atoms with Crippen LogP contribution < -0.4 is 0 Å². The number of aliphatic hydroxyl groups is 1. The number of aryl methyl sites for hydroxylation is 1. The van der Waals surface area contributed by atoms with E-state index >= 15 is 0 Å². The second-order valence-electron chi connectivity index (χ2n) is 4.31. The molecule has 1 saturated heterocycles. The van der Waals surface area contributed by atoms with Crippen LogP contribution in [0.4, 0.5) is 0 Å². The first-order chi connectivity index (χ1) is 7.15. The van der Waals surface area contributed by atoms with Gasteiger partial charge in [-0.3, -0.25) is 4.90 Å². The third kappa shape index (κ3) is 2.49. The van der Waals surface area contributed by atoms with Crippen LogP contribution in [0.25, 0.3) is 0 Å². The van der Waals surface area contributed by atoms with Gasteiger partial charge in [0, 0.05) is 25.2 Å². The summed E-state index contributed by atoms with van der Waals surface area (Å²) in [6, 6.07) is 5.63. The topological polar surface area (TPSA) is 43.7 Å². The van der Waals surface area contributed by atoms with Gasteiger partial charge in [0.25, 0.3) is 0 Å². The summed E-state index contributed by atoms with van der Waals surface area (Å²) in [7, 11) is 0. The Kier molecular flexibility index (Phi) is 2.93. The highest BCUT2D eigenvalue weighted by Gasteiger charge is 2.20. The molecule has 1 aromatic rings. The smallest absolute Gasteiger partial charge is 0.120 e. The quantitative estimate of drug-likeness (QED) is 0.767. The van der Waals surface area contributed by atoms with E-state index < -0.39 is 0 Å². The van der Waals surface area contributed by atoms with E-state index in [4.69, 9.17) is 0 Å². The minimum Gasteiger partial charge on any atom is -0.508 e. The fourth-order valence-electron chi connectivity index (χ4n) is 2.04. The van der Waals surface area contributed by atoms with Gasteiger partial charge < -0.3 is 10.2 Å². The summed E-state index contributed by atoms with van der Waals surface area (Å²) in [6.07, 6.45) is 0.643. The van der Waals surface area contributed by atoms with Crippen LogP contribution in [-0.4, -0.2) is 34.3 Å². The standard InChI is InChI=1S/C12H17NO2/c1-9-2-3-12(15)10(6-9)7-13-5-4-11(14)8-13/h2-3,6,11,14-15H,4-5,7-8H2,1H3/t11-/m0/s1. The van der Waals surface area contributed by atoms with Crippen molar-refractivity contribution in [3.8, 4) is 5.75 Å². The molecule has 0 amide bonds. The van der Waals surface area contributed by atoms with Gasteiger partial charge in [0.2, 0.25) is 0 Å². The molecule has 0 saturated carbocycles. The molecule has 1 aliphatic rings. The van der Waals surface area contributed by atoms with Gasteiger partial charge >= 0.3 is 0 Å². The van der Waals surface area contributed by atoms with E-state index in [-0.39, 0.29) is 6.10 Å². The summed E-state index contributed by atoms with van der Waals surface area (Å²) in [5.41, 5.74) is 2.10. The monoisotopic (exact) mass is 207 g/mol. The molecule has 3 heteroatoms. The Morgan fingerprint density at radius 3 is 2.93 bits per heavy atom. The van der Waals surface area contributed by atoms with Crippen molar-refractivity contribution in [2.45, 2.75) is 26.0 Å². The van der Waals surface area contributed by atoms with Crippen LogP contribution in [-0.2, 0) is 6.54 Å². The minimum atomic E-state index is -0.197. The predicted octanol–water partition coefficient (Wildman–Crippen LogP) is 1.27. The van der Waals surface area contributed by atoms with Crippen molar-refractivity contribution in [1.29, 1.82) is 0 Å². The molecular formula is C12H17NO2. The molecule has 0 bridgehead atoms. The van der Waals surface area contributed by atoms with Crippen LogP contribution in [0.5, 0.6) is 5.75 Å². The second kappa shape index (κ2) is 4.21. The molecule has 1 aromatic carbocycles. The number of rotatable bonds is 2. The highest BCUT2D eigenvalue weighted by molar-refractivity contribution is 5.35. The largest absolute Gasteiger partial charge is 0.508 e. The SMILES string of the molecule is Cc1ccc(O)c(CN2CC[C@H](O)C2)c1. The molecule has 1 aliphatic heterocycles. The van der Waals surface area contributed by atoms with E-state index in [0.29, 0.717) is 12.3 Å². The van der Waals surface area contributed by atoms with Gasteiger partial charge in [-0.1, -0.05) is 17.7 Å². The molecule has 2 N–H and O–H groups in total. The number of hydrogen-bond donors (Lipinski definition) is 2. The zero-order valence-corrected chi connectivity index (χ0v) is 8.98. The van der Waals surface area contributed by atoms with E-state index in [0.717, 1.165) is 30.6 Å². The number of aromatic hydroxyl groups is 1. The van der Waals surface area contributed by atoms with Crippen LogP contribution in [0.15, 0.2) is 18.2 Å². The van der Waals surface area contributed by atoms with Gasteiger partial charge in [0.05, 0.1) is 6.10 Å². The van der Waals surface area contributed by atoms with Crippen molar-refractivity contribution in [2.24, 2.45) is 0 Å². The van der Waals surface area contributed by atoms with E-state index in [1.807, 2.05) is 19.1 Å². The van der Waals surface area contributed by atoms with Crippen molar-refractivity contribution in [3.63, 3.8) is 0 Å². The first-order valence-electron chi connectivity index (χ1n) is 5.34. The number of phenolic OH excluding ortho intramolecular Hbond substituents is 1. The summed E-state index contributed by atoms with van der Waals surface area (Å²) >= 11 is 0. The molecule has 2 rings (SSSR count). The first-order valence-corrected chi connectivity index (χ1v) is 5.34. The molecule has 15 heavy (non-hydrogen) atoms. The number of hydrogen-bond acceptors (Lipinski definition) is 3. The van der Waals surface area contributed by atoms with E-state index in [9.17, 15) is 10.2 Å². The van der Waals surface area contributed by atoms with Gasteiger partial charge in [-0.05, 0) is 19.4 Å². The van der Waals surface area contributed by atoms with Crippen LogP contribution in [0.2, 0.25) is 0 Å². The average Bonchev–Trinajstić information content (AvgIpc) is 2.58. The number of aliphatic hydroxyl groups excluding tert-OH is 1. The Balaban J connectivity index is 2.07. The molecule has 3 nitrogen and oxygen atoms in total. The van der Waals surface area contributed by atoms with Gasteiger partial charge in [-0.15, -0.1) is 0 Å². The van der Waals surface area contributed by atoms with Crippen molar-refractivity contribution in [2.75, 3.05) is 13.1 Å². The zero-order valence-electron chi connectivity index (χ0n) is 8.98. The lowest BCUT2D eigenvalue weighted by atomic mass is 10.1. The zero-order chi connectivity index (χ0) is 10.8. The molecule has 1 atom stereocenters. The third-order valence-corrected chi connectivity index (χ3v) is 2.88. The van der Waals surface area contributed by atoms with E-state index in [1.165, 1.54) is 0 Å². The average molecular weight is 207 g/mol. The van der Waals surface area contributed by atoms with Gasteiger partial charge in [-0.2, -0.15) is 0 Å². The Hall–Kier alpha value is -1.06. The molecule has 0 radical (unpaired) electrons. The van der Waals surface area contributed by atoms with Crippen LogP contribution in [0, 0.1) is 6.92 Å². The van der Waals surface area contributed by atoms with Gasteiger partial charge in [0.15, 0.2) is 0 Å². The molecule has 0 spiro atoms. The molecule has 1 heterocycles. The summed E-state index contributed by atoms with van der Waals surface area (Å²) in [4.78, 5) is 2.17. The highest BCUT2D eigenvalue weighted by atomic mass is 16.3. The molecule has 82 valence electrons. The number of likely N-dealkylation sites (tertiary alicyclic amines) is 1. The summed E-state index contributed by atoms with van der Waals surface area (Å²) in [6.45, 7) is 4.37. The van der Waals surface area contributed by atoms with Gasteiger partial charge in [-0.25, -0.2) is 0 Å². The maximum atomic E-state index is 9.67. The minimum absolute atomic E-state index is 0.197. The van der Waals surface area contributed by atoms with Crippen LogP contribution >= 0.6 is 0 Å². The number of benzene rings is 1. The molecule has 0 aliphatic carbocycles. The first kappa shape index (κ1) is 10.5. The predicted molar refractivity (Wildman–Crippen MR) is 58.7 cm³/mol. The number of nitrogens with zero attached hydrogens (tertiary/aromatic N) is 1. The summed E-state index contributed by atoms with van der Waals surface area (Å²) in [5, 5.41) is 19.1. The summed E-state index contributed by atoms with van der Waals surface area (Å²) in [5.74, 6) is 0.349. The lowest BCUT2D eigenvalue weighted by Crippen LogP contribution is -2.21. The van der Waals surface area contributed by atoms with E-state index in [2.05, 4.69) is 4.90 Å².